The van der Waals surface area contributed by atoms with Crippen LogP contribution in [0, 0.1) is 50.0 Å². The van der Waals surface area contributed by atoms with Crippen LogP contribution < -0.4 is 24.8 Å². The first-order valence-corrected chi connectivity index (χ1v) is 20.2. The van der Waals surface area contributed by atoms with Crippen LogP contribution >= 0.6 is 0 Å². The molecule has 0 spiro atoms. The normalized spacial score (nSPS) is 22.3. The molecule has 4 saturated carbocycles. The van der Waals surface area contributed by atoms with Gasteiger partial charge in [0.1, 0.15) is 0 Å². The minimum Gasteiger partial charge on any atom is -1.00 e. The third-order valence-electron chi connectivity index (χ3n) is 12.1. The van der Waals surface area contributed by atoms with E-state index in [1.54, 1.807) is 49.7 Å². The van der Waals surface area contributed by atoms with Crippen LogP contribution in [-0.4, -0.2) is 3.21 Å². The Morgan fingerprint density at radius 1 is 0.765 bits per heavy atom. The Morgan fingerprint density at radius 2 is 1.31 bits per heavy atom. The van der Waals surface area contributed by atoms with Crippen molar-refractivity contribution in [3.05, 3.63) is 123 Å². The molecule has 0 amide bonds. The first-order valence-electron chi connectivity index (χ1n) is 19.0. The maximum atomic E-state index is 3.53. The average molecular weight is 799 g/mol. The van der Waals surface area contributed by atoms with Crippen LogP contribution in [0.3, 0.4) is 0 Å². The molecule has 0 atom stereocenters. The Labute approximate surface area is 338 Å². The summed E-state index contributed by atoms with van der Waals surface area (Å²) >= 11 is 1.51. The van der Waals surface area contributed by atoms with E-state index in [-0.39, 0.29) is 35.6 Å². The molecule has 9 rings (SSSR count). The summed E-state index contributed by atoms with van der Waals surface area (Å²) in [6.07, 6.45) is 11.7. The number of hydrogen-bond donors (Lipinski definition) is 0. The minimum absolute atomic E-state index is 0. The Hall–Kier alpha value is -1.66. The number of aryl methyl sites for hydroxylation is 3. The number of fused-ring (bicyclic) bond motifs is 3. The van der Waals surface area contributed by atoms with E-state index in [2.05, 4.69) is 142 Å². The van der Waals surface area contributed by atoms with Crippen LogP contribution in [0.4, 0.5) is 0 Å². The van der Waals surface area contributed by atoms with Gasteiger partial charge >= 0.3 is 76.7 Å². The number of hydrogen-bond acceptors (Lipinski definition) is 0. The molecule has 51 heavy (non-hydrogen) atoms. The van der Waals surface area contributed by atoms with E-state index < -0.39 is 0 Å². The second kappa shape index (κ2) is 16.4. The number of halogens is 2. The van der Waals surface area contributed by atoms with Gasteiger partial charge in [-0.15, -0.1) is 5.56 Å². The fourth-order valence-electron chi connectivity index (χ4n) is 9.75. The molecule has 4 aromatic rings. The van der Waals surface area contributed by atoms with Gasteiger partial charge in [0, 0.05) is 0 Å². The average Bonchev–Trinajstić information content (AvgIpc) is 3.53. The Morgan fingerprint density at radius 3 is 1.80 bits per heavy atom. The molecule has 4 aromatic carbocycles. The van der Waals surface area contributed by atoms with Gasteiger partial charge in [-0.2, -0.15) is 52.1 Å². The van der Waals surface area contributed by atoms with Crippen molar-refractivity contribution >= 4 is 3.21 Å². The molecule has 272 valence electrons. The smallest absolute Gasteiger partial charge is 0.0363 e. The predicted octanol–water partition coefficient (Wildman–Crippen LogP) is 6.52. The summed E-state index contributed by atoms with van der Waals surface area (Å²) in [4.78, 5) is 0. The van der Waals surface area contributed by atoms with Gasteiger partial charge < -0.3 is 24.8 Å². The van der Waals surface area contributed by atoms with E-state index in [4.69, 9.17) is 0 Å². The van der Waals surface area contributed by atoms with Gasteiger partial charge in [0.2, 0.25) is 0 Å². The quantitative estimate of drug-likeness (QED) is 0.183. The van der Waals surface area contributed by atoms with Crippen LogP contribution in [0.25, 0.3) is 11.1 Å². The maximum Gasteiger partial charge on any atom is -0.0363 e. The molecular formula is C48H60Cl2Zr-2. The number of benzene rings is 3. The van der Waals surface area contributed by atoms with Crippen LogP contribution in [-0.2, 0) is 47.9 Å². The van der Waals surface area contributed by atoms with Crippen molar-refractivity contribution in [2.75, 3.05) is 0 Å². The van der Waals surface area contributed by atoms with Crippen molar-refractivity contribution in [3.8, 4) is 11.1 Å². The Kier molecular flexibility index (Phi) is 13.5. The molecule has 0 N–H and O–H groups in total. The summed E-state index contributed by atoms with van der Waals surface area (Å²) < 4.78 is 1.46. The summed E-state index contributed by atoms with van der Waals surface area (Å²) in [6, 6.07) is 28.6. The third kappa shape index (κ3) is 9.91. The van der Waals surface area contributed by atoms with Crippen molar-refractivity contribution in [1.82, 2.24) is 0 Å². The van der Waals surface area contributed by atoms with E-state index in [1.807, 2.05) is 0 Å². The fourth-order valence-corrected chi connectivity index (χ4v) is 10.2. The summed E-state index contributed by atoms with van der Waals surface area (Å²) in [5, 5.41) is 0. The molecular weight excluding hydrogens is 739 g/mol. The summed E-state index contributed by atoms with van der Waals surface area (Å²) in [5.74, 6) is 3.27. The first-order chi connectivity index (χ1) is 23.0. The zero-order chi connectivity index (χ0) is 35.3. The molecule has 4 fully saturated rings. The van der Waals surface area contributed by atoms with Gasteiger partial charge in [0.15, 0.2) is 0 Å². The second-order valence-electron chi connectivity index (χ2n) is 18.7. The molecule has 0 unspecified atom stereocenters. The Balaban J connectivity index is 0.000000178. The summed E-state index contributed by atoms with van der Waals surface area (Å²) in [6.45, 7) is 22.5. The van der Waals surface area contributed by atoms with Gasteiger partial charge in [0.05, 0.1) is 0 Å². The number of rotatable bonds is 3. The van der Waals surface area contributed by atoms with Crippen LogP contribution in [0.2, 0.25) is 0 Å². The molecule has 5 aliphatic carbocycles. The Bertz CT molecular complexity index is 1710. The zero-order valence-corrected chi connectivity index (χ0v) is 37.0. The van der Waals surface area contributed by atoms with Gasteiger partial charge in [-0.1, -0.05) is 96.6 Å². The maximum absolute atomic E-state index is 3.53. The van der Waals surface area contributed by atoms with E-state index in [0.29, 0.717) is 5.41 Å². The third-order valence-corrected chi connectivity index (χ3v) is 12.8. The summed E-state index contributed by atoms with van der Waals surface area (Å²) in [7, 11) is 0. The first kappa shape index (κ1) is 42.1. The molecule has 0 radical (unpaired) electrons. The van der Waals surface area contributed by atoms with Gasteiger partial charge in [0.25, 0.3) is 0 Å². The molecule has 3 heteroatoms. The zero-order valence-electron chi connectivity index (χ0n) is 33.0. The van der Waals surface area contributed by atoms with Crippen molar-refractivity contribution in [2.45, 2.75) is 131 Å². The van der Waals surface area contributed by atoms with E-state index in [1.165, 1.54) is 83.9 Å². The van der Waals surface area contributed by atoms with E-state index in [0.717, 1.165) is 24.2 Å². The van der Waals surface area contributed by atoms with E-state index in [9.17, 15) is 0 Å². The molecule has 0 heterocycles. The topological polar surface area (TPSA) is 0 Å². The largest absolute Gasteiger partial charge is 1.00 e. The molecule has 0 aliphatic heterocycles. The minimum atomic E-state index is 0. The second-order valence-corrected chi connectivity index (χ2v) is 20.5. The van der Waals surface area contributed by atoms with Crippen molar-refractivity contribution in [2.24, 2.45) is 23.2 Å². The van der Waals surface area contributed by atoms with Crippen LogP contribution in [0.1, 0.15) is 137 Å². The monoisotopic (exact) mass is 796 g/mol. The molecule has 5 aliphatic rings. The van der Waals surface area contributed by atoms with Gasteiger partial charge in [-0.3, -0.25) is 0 Å². The van der Waals surface area contributed by atoms with Gasteiger partial charge in [-0.05, 0) is 79.1 Å². The molecule has 0 aromatic heterocycles. The van der Waals surface area contributed by atoms with E-state index >= 15 is 0 Å². The molecule has 0 saturated heterocycles. The van der Waals surface area contributed by atoms with Crippen molar-refractivity contribution in [1.29, 1.82) is 0 Å². The fraction of sp³-hybridized carbons (Fsp3) is 0.500. The van der Waals surface area contributed by atoms with Crippen molar-refractivity contribution in [3.63, 3.8) is 0 Å². The molecule has 4 bridgehead atoms. The van der Waals surface area contributed by atoms with Crippen LogP contribution in [0.5, 0.6) is 0 Å². The van der Waals surface area contributed by atoms with Crippen LogP contribution in [0.15, 0.2) is 66.7 Å². The molecule has 0 nitrogen and oxygen atoms in total. The predicted molar refractivity (Wildman–Crippen MR) is 208 cm³/mol. The van der Waals surface area contributed by atoms with Gasteiger partial charge in [-0.25, -0.2) is 6.07 Å². The standard InChI is InChI=1S/C21H25.C18H25.C9H10.2ClH.Zr/c1-20(2,3)16-9-7-14-11-15-8-10-17(21(4,5)6)13-19(15)18(14)12-16;1-12-3-13(2)17(4-12)11-18-8-14-5-15(9-18)7-16(6-14)10-18;1-3-9-6-4-8(2)5-7-9;;;/h7,9-10,12-13H,11H2,1-6H3;3-4,14-16H,5-11H2,1-2H3;4-7H,1-2H3;2*1H;/q2*-1;;;;+2/p-2. The SMILES string of the molecule is CC(C)(C)c1c[c-]c2c(c1)-c1cc(C(C)(C)C)ccc1C2.C[C](=[Zr+2])c1ccc(C)cc1.Cc1cc(CC23CC4CC(CC(C4)C2)C3)c(C)[cH-]1.[Cl-].[Cl-]. The summed E-state index contributed by atoms with van der Waals surface area (Å²) in [5.41, 5.74) is 16.9. The van der Waals surface area contributed by atoms with Crippen molar-refractivity contribution < 1.29 is 49.0 Å².